The normalized spacial score (nSPS) is 20.6. The van der Waals surface area contributed by atoms with E-state index in [0.717, 1.165) is 32.7 Å². The molecule has 1 amide bonds. The number of aliphatic carboxylic acids is 1. The number of fused-ring (bicyclic) bond motifs is 4. The number of carboxylic acids is 1. The van der Waals surface area contributed by atoms with Gasteiger partial charge in [0.2, 0.25) is 5.91 Å². The van der Waals surface area contributed by atoms with E-state index >= 15 is 0 Å². The first kappa shape index (κ1) is 29.7. The Hall–Kier alpha value is -4.38. The van der Waals surface area contributed by atoms with Crippen molar-refractivity contribution >= 4 is 53.0 Å². The first-order chi connectivity index (χ1) is 20.9. The number of carbonyl (C=O) groups is 2. The molecule has 0 aromatic heterocycles. The molecule has 10 heteroatoms. The van der Waals surface area contributed by atoms with E-state index in [2.05, 4.69) is 19.6 Å². The third-order valence-corrected chi connectivity index (χ3v) is 9.82. The van der Waals surface area contributed by atoms with Gasteiger partial charge in [-0.1, -0.05) is 48.5 Å². The van der Waals surface area contributed by atoms with Crippen LogP contribution >= 0.6 is 0 Å². The van der Waals surface area contributed by atoms with Crippen molar-refractivity contribution in [2.45, 2.75) is 51.7 Å². The minimum atomic E-state index is -2.02. The van der Waals surface area contributed by atoms with E-state index in [1.165, 1.54) is 17.0 Å². The first-order valence-corrected chi connectivity index (χ1v) is 18.1. The molecule has 2 aliphatic rings. The van der Waals surface area contributed by atoms with Crippen molar-refractivity contribution in [2.24, 2.45) is 11.8 Å². The quantitative estimate of drug-likeness (QED) is 0.0767. The number of rotatable bonds is 9. The number of aliphatic hydroxyl groups is 1. The molecule has 4 aromatic rings. The summed E-state index contributed by atoms with van der Waals surface area (Å²) in [5, 5.41) is 35.5. The fraction of sp³-hybridized carbons (Fsp3) is 0.294. The minimum Gasteiger partial charge on any atom is -0.477 e. The van der Waals surface area contributed by atoms with Crippen molar-refractivity contribution in [1.82, 2.24) is 4.90 Å². The van der Waals surface area contributed by atoms with Crippen LogP contribution < -0.4 is 0 Å². The molecule has 44 heavy (non-hydrogen) atoms. The Morgan fingerprint density at radius 2 is 1.70 bits per heavy atom. The molecule has 226 valence electrons. The number of nitro groups is 1. The van der Waals surface area contributed by atoms with Crippen LogP contribution in [0.4, 0.5) is 5.69 Å². The van der Waals surface area contributed by atoms with Crippen LogP contribution in [0.2, 0.25) is 19.6 Å². The Labute approximate surface area is 255 Å². The Balaban J connectivity index is 1.52. The van der Waals surface area contributed by atoms with E-state index in [1.807, 2.05) is 55.5 Å². The average Bonchev–Trinajstić information content (AvgIpc) is 3.26. The number of hydrogen-bond acceptors (Lipinski definition) is 6. The highest BCUT2D eigenvalue weighted by molar-refractivity contribution is 6.69. The number of benzene rings is 4. The molecule has 4 atom stereocenters. The van der Waals surface area contributed by atoms with E-state index in [-0.39, 0.29) is 23.9 Å². The van der Waals surface area contributed by atoms with Crippen LogP contribution in [0.1, 0.15) is 23.6 Å². The molecule has 2 heterocycles. The van der Waals surface area contributed by atoms with Crippen LogP contribution in [0.15, 0.2) is 78.5 Å². The van der Waals surface area contributed by atoms with Gasteiger partial charge in [0.25, 0.3) is 5.69 Å². The van der Waals surface area contributed by atoms with Crippen molar-refractivity contribution in [1.29, 1.82) is 0 Å². The fourth-order valence-electron chi connectivity index (χ4n) is 7.08. The molecule has 1 unspecified atom stereocenters. The molecule has 1 saturated heterocycles. The predicted molar refractivity (Wildman–Crippen MR) is 170 cm³/mol. The second-order valence-corrected chi connectivity index (χ2v) is 17.1. The maximum atomic E-state index is 13.7. The highest BCUT2D eigenvalue weighted by atomic mass is 28.4. The minimum absolute atomic E-state index is 0.0266. The second kappa shape index (κ2) is 11.0. The van der Waals surface area contributed by atoms with Gasteiger partial charge in [0, 0.05) is 18.1 Å². The van der Waals surface area contributed by atoms with Crippen molar-refractivity contribution < 1.29 is 29.2 Å². The van der Waals surface area contributed by atoms with E-state index < -0.39 is 43.2 Å². The Morgan fingerprint density at radius 3 is 2.32 bits per heavy atom. The summed E-state index contributed by atoms with van der Waals surface area (Å²) in [6.07, 6.45) is -0.0154. The van der Waals surface area contributed by atoms with E-state index in [4.69, 9.17) is 4.43 Å². The van der Waals surface area contributed by atoms with Crippen LogP contribution in [0.5, 0.6) is 0 Å². The van der Waals surface area contributed by atoms with Gasteiger partial charge in [-0.3, -0.25) is 14.9 Å². The molecule has 9 nitrogen and oxygen atoms in total. The number of non-ortho nitro benzene ring substituents is 1. The lowest BCUT2D eigenvalue weighted by atomic mass is 9.73. The molecular formula is C34H34N2O7Si. The third kappa shape index (κ3) is 4.98. The average molecular weight is 611 g/mol. The number of carboxylic acid groups (broad SMARTS) is 1. The standard InChI is InChI=1S/C34H34N2O7Si/c1-19(43-44(2,3)4)29-31-28(15-20-9-13-24(14-10-20)36(41)42)30(32(34(39)40)35(31)33(29)38)22-12-11-21-16-23(18-37)25-7-5-6-8-26(25)27(21)17-22/h5-14,16-17,19,28-29,31,37H,15,18H2,1-4H3,(H,39,40)/t19-,28?,29-,31-/m1/s1. The largest absolute Gasteiger partial charge is 0.477 e. The smallest absolute Gasteiger partial charge is 0.352 e. The molecule has 0 radical (unpaired) electrons. The van der Waals surface area contributed by atoms with Crippen molar-refractivity contribution in [3.63, 3.8) is 0 Å². The number of carbonyl (C=O) groups excluding carboxylic acids is 1. The second-order valence-electron chi connectivity index (χ2n) is 12.6. The SMILES string of the molecule is C[C@@H](O[Si](C)(C)C)[C@H]1C(=O)N2C(C(=O)O)=C(c3ccc4cc(CO)c5ccccc5c4c3)C(Cc3ccc([N+](=O)[O-])cc3)[C@H]12. The van der Waals surface area contributed by atoms with Gasteiger partial charge in [-0.2, -0.15) is 0 Å². The molecule has 6 rings (SSSR count). The molecule has 4 aromatic carbocycles. The summed E-state index contributed by atoms with van der Waals surface area (Å²) in [5.74, 6) is -2.36. The summed E-state index contributed by atoms with van der Waals surface area (Å²) >= 11 is 0. The van der Waals surface area contributed by atoms with Crippen molar-refractivity contribution in [3.05, 3.63) is 105 Å². The Morgan fingerprint density at radius 1 is 1.02 bits per heavy atom. The fourth-order valence-corrected chi connectivity index (χ4v) is 8.35. The monoisotopic (exact) mass is 610 g/mol. The summed E-state index contributed by atoms with van der Waals surface area (Å²) in [5.41, 5.74) is 2.82. The lowest BCUT2D eigenvalue weighted by Gasteiger charge is -2.49. The molecule has 0 saturated carbocycles. The highest BCUT2D eigenvalue weighted by Crippen LogP contribution is 2.52. The summed E-state index contributed by atoms with van der Waals surface area (Å²) < 4.78 is 6.36. The van der Waals surface area contributed by atoms with Gasteiger partial charge in [0.05, 0.1) is 29.6 Å². The Bertz CT molecular complexity index is 1860. The van der Waals surface area contributed by atoms with Gasteiger partial charge in [-0.25, -0.2) is 4.79 Å². The molecule has 2 aliphatic heterocycles. The van der Waals surface area contributed by atoms with Gasteiger partial charge in [-0.05, 0) is 88.9 Å². The van der Waals surface area contributed by atoms with E-state index in [1.54, 1.807) is 12.1 Å². The van der Waals surface area contributed by atoms with E-state index in [9.17, 15) is 29.9 Å². The molecule has 2 N–H and O–H groups in total. The van der Waals surface area contributed by atoms with Crippen molar-refractivity contribution in [3.8, 4) is 0 Å². The molecular weight excluding hydrogens is 576 g/mol. The maximum absolute atomic E-state index is 13.7. The summed E-state index contributed by atoms with van der Waals surface area (Å²) in [7, 11) is -2.02. The van der Waals surface area contributed by atoms with Crippen LogP contribution in [-0.2, 0) is 27.0 Å². The third-order valence-electron chi connectivity index (χ3n) is 8.75. The zero-order valence-corrected chi connectivity index (χ0v) is 26.0. The van der Waals surface area contributed by atoms with Gasteiger partial charge in [-0.15, -0.1) is 0 Å². The van der Waals surface area contributed by atoms with Crippen molar-refractivity contribution in [2.75, 3.05) is 0 Å². The number of hydrogen-bond donors (Lipinski definition) is 2. The lowest BCUT2D eigenvalue weighted by Crippen LogP contribution is -2.65. The van der Waals surface area contributed by atoms with Gasteiger partial charge in [0.1, 0.15) is 5.70 Å². The number of β-lactam (4-membered cyclic amide) rings is 1. The highest BCUT2D eigenvalue weighted by Gasteiger charge is 2.61. The number of aliphatic hydroxyl groups excluding tert-OH is 1. The Kier molecular flexibility index (Phi) is 7.39. The molecule has 1 fully saturated rings. The zero-order chi connectivity index (χ0) is 31.5. The van der Waals surface area contributed by atoms with Gasteiger partial charge in [0.15, 0.2) is 8.32 Å². The maximum Gasteiger partial charge on any atom is 0.352 e. The van der Waals surface area contributed by atoms with Crippen LogP contribution in [0.3, 0.4) is 0 Å². The van der Waals surface area contributed by atoms with E-state index in [0.29, 0.717) is 17.6 Å². The number of amides is 1. The van der Waals surface area contributed by atoms with Gasteiger partial charge < -0.3 is 19.5 Å². The molecule has 0 aliphatic carbocycles. The summed E-state index contributed by atoms with van der Waals surface area (Å²) in [6, 6.07) is 21.4. The molecule has 0 spiro atoms. The number of nitro benzene ring substituents is 1. The lowest BCUT2D eigenvalue weighted by molar-refractivity contribution is -0.384. The summed E-state index contributed by atoms with van der Waals surface area (Å²) in [4.78, 5) is 38.9. The predicted octanol–water partition coefficient (Wildman–Crippen LogP) is 6.13. The van der Waals surface area contributed by atoms with Crippen LogP contribution in [-0.4, -0.2) is 52.4 Å². The van der Waals surface area contributed by atoms with Gasteiger partial charge >= 0.3 is 5.97 Å². The zero-order valence-electron chi connectivity index (χ0n) is 25.0. The number of nitrogens with zero attached hydrogens (tertiary/aromatic N) is 2. The molecule has 0 bridgehead atoms. The summed E-state index contributed by atoms with van der Waals surface area (Å²) in [6.45, 7) is 7.95. The van der Waals surface area contributed by atoms with Crippen LogP contribution in [0.25, 0.3) is 27.1 Å². The topological polar surface area (TPSA) is 130 Å². The van der Waals surface area contributed by atoms with Crippen LogP contribution in [0, 0.1) is 22.0 Å². The first-order valence-electron chi connectivity index (χ1n) is 14.7.